The number of nitrogens with one attached hydrogen (secondary N) is 2. The first kappa shape index (κ1) is 20.5. The third-order valence-corrected chi connectivity index (χ3v) is 5.00. The molecule has 2 aromatic carbocycles. The number of rotatable bonds is 8. The summed E-state index contributed by atoms with van der Waals surface area (Å²) in [5, 5.41) is 7.97. The molecule has 0 saturated carbocycles. The summed E-state index contributed by atoms with van der Waals surface area (Å²) in [6.07, 6.45) is 0. The van der Waals surface area contributed by atoms with Crippen LogP contribution >= 0.6 is 11.3 Å². The molecule has 2 N–H and O–H groups in total. The largest absolute Gasteiger partial charge is 0.486 e. The topological polar surface area (TPSA) is 80.3 Å². The van der Waals surface area contributed by atoms with E-state index in [9.17, 15) is 9.59 Å². The second-order valence-electron chi connectivity index (χ2n) is 6.61. The Kier molecular flexibility index (Phi) is 6.97. The van der Waals surface area contributed by atoms with Gasteiger partial charge in [-0.25, -0.2) is 4.98 Å². The molecule has 6 nitrogen and oxygen atoms in total. The molecule has 150 valence electrons. The van der Waals surface area contributed by atoms with E-state index < -0.39 is 0 Å². The summed E-state index contributed by atoms with van der Waals surface area (Å²) in [4.78, 5) is 28.5. The number of benzene rings is 2. The fourth-order valence-electron chi connectivity index (χ4n) is 2.51. The minimum Gasteiger partial charge on any atom is -0.486 e. The van der Waals surface area contributed by atoms with Gasteiger partial charge >= 0.3 is 0 Å². The second-order valence-corrected chi connectivity index (χ2v) is 7.55. The van der Waals surface area contributed by atoms with Gasteiger partial charge in [0.05, 0.1) is 0 Å². The normalized spacial score (nSPS) is 10.4. The van der Waals surface area contributed by atoms with Crippen molar-refractivity contribution in [3.63, 3.8) is 0 Å². The molecular weight excluding hydrogens is 386 g/mol. The monoisotopic (exact) mass is 409 g/mol. The van der Waals surface area contributed by atoms with E-state index in [0.29, 0.717) is 31.0 Å². The smallest absolute Gasteiger partial charge is 0.270 e. The van der Waals surface area contributed by atoms with Crippen molar-refractivity contribution < 1.29 is 14.3 Å². The molecule has 0 aliphatic carbocycles. The minimum atomic E-state index is -0.271. The predicted molar refractivity (Wildman–Crippen MR) is 113 cm³/mol. The summed E-state index contributed by atoms with van der Waals surface area (Å²) >= 11 is 1.38. The number of ether oxygens (including phenoxy) is 1. The molecule has 3 aromatic rings. The highest BCUT2D eigenvalue weighted by molar-refractivity contribution is 7.09. The molecule has 0 radical (unpaired) electrons. The lowest BCUT2D eigenvalue weighted by Gasteiger charge is -2.06. The maximum absolute atomic E-state index is 12.2. The van der Waals surface area contributed by atoms with Crippen LogP contribution in [0.4, 0.5) is 0 Å². The number of aromatic nitrogens is 1. The molecular formula is C22H23N3O3S. The van der Waals surface area contributed by atoms with E-state index in [1.807, 2.05) is 50.2 Å². The fourth-order valence-corrected chi connectivity index (χ4v) is 3.20. The van der Waals surface area contributed by atoms with Gasteiger partial charge in [-0.1, -0.05) is 35.4 Å². The van der Waals surface area contributed by atoms with E-state index >= 15 is 0 Å². The SMILES string of the molecule is Cc1ccc(OCc2nc(C(=O)NCCNC(=O)c3ccc(C)cc3)cs2)cc1. The molecule has 29 heavy (non-hydrogen) atoms. The maximum Gasteiger partial charge on any atom is 0.270 e. The number of carbonyl (C=O) groups is 2. The lowest BCUT2D eigenvalue weighted by atomic mass is 10.1. The first-order chi connectivity index (χ1) is 14.0. The van der Waals surface area contributed by atoms with E-state index in [1.54, 1.807) is 17.5 Å². The molecule has 0 spiro atoms. The Morgan fingerprint density at radius 1 is 0.897 bits per heavy atom. The van der Waals surface area contributed by atoms with Gasteiger partial charge in [0.1, 0.15) is 23.1 Å². The Morgan fingerprint density at radius 3 is 2.14 bits per heavy atom. The molecule has 0 aliphatic heterocycles. The van der Waals surface area contributed by atoms with Crippen LogP contribution in [0.2, 0.25) is 0 Å². The van der Waals surface area contributed by atoms with Gasteiger partial charge in [-0.2, -0.15) is 0 Å². The zero-order valence-electron chi connectivity index (χ0n) is 16.4. The van der Waals surface area contributed by atoms with Crippen LogP contribution in [0.3, 0.4) is 0 Å². The fraction of sp³-hybridized carbons (Fsp3) is 0.227. The van der Waals surface area contributed by atoms with E-state index in [4.69, 9.17) is 4.74 Å². The van der Waals surface area contributed by atoms with E-state index in [-0.39, 0.29) is 11.8 Å². The molecule has 1 heterocycles. The number of nitrogens with zero attached hydrogens (tertiary/aromatic N) is 1. The van der Waals surface area contributed by atoms with Crippen LogP contribution in [0.1, 0.15) is 37.0 Å². The lowest BCUT2D eigenvalue weighted by Crippen LogP contribution is -2.34. The summed E-state index contributed by atoms with van der Waals surface area (Å²) in [7, 11) is 0. The number of hydrogen-bond donors (Lipinski definition) is 2. The quantitative estimate of drug-likeness (QED) is 0.558. The standard InChI is InChI=1S/C22H23N3O3S/c1-15-3-7-17(8-4-15)21(26)23-11-12-24-22(27)19-14-29-20(25-19)13-28-18-9-5-16(2)6-10-18/h3-10,14H,11-13H2,1-2H3,(H,23,26)(H,24,27). The van der Waals surface area contributed by atoms with Crippen molar-refractivity contribution >= 4 is 23.2 Å². The average Bonchev–Trinajstić information content (AvgIpc) is 3.20. The Labute approximate surface area is 173 Å². The predicted octanol–water partition coefficient (Wildman–Crippen LogP) is 3.50. The number of thiazole rings is 1. The van der Waals surface area contributed by atoms with E-state index in [2.05, 4.69) is 15.6 Å². The zero-order valence-corrected chi connectivity index (χ0v) is 17.2. The average molecular weight is 410 g/mol. The van der Waals surface area contributed by atoms with Crippen molar-refractivity contribution in [2.45, 2.75) is 20.5 Å². The molecule has 0 bridgehead atoms. The highest BCUT2D eigenvalue weighted by atomic mass is 32.1. The van der Waals surface area contributed by atoms with E-state index in [1.165, 1.54) is 16.9 Å². The summed E-state index contributed by atoms with van der Waals surface area (Å²) in [6, 6.07) is 15.1. The van der Waals surface area contributed by atoms with Gasteiger partial charge in [0, 0.05) is 24.0 Å². The van der Waals surface area contributed by atoms with Gasteiger partial charge in [0.15, 0.2) is 0 Å². The molecule has 0 aliphatic rings. The Bertz CT molecular complexity index is 966. The van der Waals surface area contributed by atoms with Gasteiger partial charge in [-0.15, -0.1) is 11.3 Å². The summed E-state index contributed by atoms with van der Waals surface area (Å²) in [5.74, 6) is 0.331. The Morgan fingerprint density at radius 2 is 1.48 bits per heavy atom. The van der Waals surface area contributed by atoms with Crippen LogP contribution in [0.5, 0.6) is 5.75 Å². The molecule has 0 unspecified atom stereocenters. The molecule has 1 aromatic heterocycles. The molecule has 7 heteroatoms. The maximum atomic E-state index is 12.2. The third kappa shape index (κ3) is 6.15. The van der Waals surface area contributed by atoms with Gasteiger partial charge in [0.25, 0.3) is 11.8 Å². The molecule has 0 saturated heterocycles. The van der Waals surface area contributed by atoms with Gasteiger partial charge in [-0.05, 0) is 38.1 Å². The number of aryl methyl sites for hydroxylation is 2. The van der Waals surface area contributed by atoms with Gasteiger partial charge in [0.2, 0.25) is 0 Å². The highest BCUT2D eigenvalue weighted by Gasteiger charge is 2.11. The van der Waals surface area contributed by atoms with Crippen LogP contribution in [0, 0.1) is 13.8 Å². The van der Waals surface area contributed by atoms with Crippen LogP contribution in [-0.2, 0) is 6.61 Å². The molecule has 3 rings (SSSR count). The highest BCUT2D eigenvalue weighted by Crippen LogP contribution is 2.16. The van der Waals surface area contributed by atoms with Crippen LogP contribution in [-0.4, -0.2) is 29.9 Å². The minimum absolute atomic E-state index is 0.163. The lowest BCUT2D eigenvalue weighted by molar-refractivity contribution is 0.0925. The van der Waals surface area contributed by atoms with E-state index in [0.717, 1.165) is 16.3 Å². The summed E-state index contributed by atoms with van der Waals surface area (Å²) in [5.41, 5.74) is 3.21. The molecule has 0 atom stereocenters. The zero-order chi connectivity index (χ0) is 20.6. The molecule has 2 amide bonds. The van der Waals surface area contributed by atoms with Crippen molar-refractivity contribution in [2.24, 2.45) is 0 Å². The third-order valence-electron chi connectivity index (χ3n) is 4.18. The Balaban J connectivity index is 1.40. The van der Waals surface area contributed by atoms with Crippen LogP contribution in [0.15, 0.2) is 53.9 Å². The Hall–Kier alpha value is -3.19. The second kappa shape index (κ2) is 9.84. The van der Waals surface area contributed by atoms with Gasteiger partial charge < -0.3 is 15.4 Å². The van der Waals surface area contributed by atoms with Crippen molar-refractivity contribution in [1.82, 2.24) is 15.6 Å². The van der Waals surface area contributed by atoms with Crippen LogP contribution in [0.25, 0.3) is 0 Å². The first-order valence-corrected chi connectivity index (χ1v) is 10.2. The van der Waals surface area contributed by atoms with Crippen molar-refractivity contribution in [3.8, 4) is 5.75 Å². The number of amides is 2. The van der Waals surface area contributed by atoms with Crippen molar-refractivity contribution in [3.05, 3.63) is 81.3 Å². The number of hydrogen-bond acceptors (Lipinski definition) is 5. The van der Waals surface area contributed by atoms with Crippen LogP contribution < -0.4 is 15.4 Å². The van der Waals surface area contributed by atoms with Crippen molar-refractivity contribution in [1.29, 1.82) is 0 Å². The summed E-state index contributed by atoms with van der Waals surface area (Å²) in [6.45, 7) is 4.96. The van der Waals surface area contributed by atoms with Crippen molar-refractivity contribution in [2.75, 3.05) is 13.1 Å². The summed E-state index contributed by atoms with van der Waals surface area (Å²) < 4.78 is 5.68. The molecule has 0 fully saturated rings. The number of carbonyl (C=O) groups excluding carboxylic acids is 2. The van der Waals surface area contributed by atoms with Gasteiger partial charge in [-0.3, -0.25) is 9.59 Å². The first-order valence-electron chi connectivity index (χ1n) is 9.28.